The average Bonchev–Trinajstić information content (AvgIpc) is 3.29. The molecule has 0 atom stereocenters. The standard InChI is InChI=1S/C19H16ClN5O3S2/c1-30(27,28)25-12-5-4-11(15(20)8-12)7-17(26)24-19-23-16(10-29-19)14-9-22-18-13(14)3-2-6-21-18/h2-6,8-10,25H,7H2,1H3,(H,21,22)(H,23,24,26). The zero-order valence-corrected chi connectivity index (χ0v) is 18.0. The van der Waals surface area contributed by atoms with Crippen LogP contribution in [0.3, 0.4) is 0 Å². The molecule has 3 heterocycles. The first-order chi connectivity index (χ1) is 14.3. The highest BCUT2D eigenvalue weighted by molar-refractivity contribution is 7.92. The molecule has 0 fully saturated rings. The van der Waals surface area contributed by atoms with Gasteiger partial charge in [0.05, 0.1) is 18.4 Å². The smallest absolute Gasteiger partial charge is 0.230 e. The topological polar surface area (TPSA) is 117 Å². The summed E-state index contributed by atoms with van der Waals surface area (Å²) in [5.74, 6) is -0.276. The van der Waals surface area contributed by atoms with Crippen LogP contribution in [-0.2, 0) is 21.2 Å². The fraction of sp³-hybridized carbons (Fsp3) is 0.105. The second-order valence-electron chi connectivity index (χ2n) is 6.55. The van der Waals surface area contributed by atoms with Crippen LogP contribution in [-0.4, -0.2) is 35.5 Å². The summed E-state index contributed by atoms with van der Waals surface area (Å²) >= 11 is 7.52. The number of nitrogens with zero attached hydrogens (tertiary/aromatic N) is 2. The minimum absolute atomic E-state index is 0.0317. The number of aromatic nitrogens is 3. The third-order valence-electron chi connectivity index (χ3n) is 4.18. The molecule has 154 valence electrons. The number of anilines is 2. The first kappa shape index (κ1) is 20.3. The van der Waals surface area contributed by atoms with E-state index in [-0.39, 0.29) is 12.3 Å². The molecule has 0 aliphatic carbocycles. The van der Waals surface area contributed by atoms with Gasteiger partial charge in [-0.25, -0.2) is 18.4 Å². The molecule has 30 heavy (non-hydrogen) atoms. The number of fused-ring (bicyclic) bond motifs is 1. The van der Waals surface area contributed by atoms with Crippen LogP contribution in [0.4, 0.5) is 10.8 Å². The summed E-state index contributed by atoms with van der Waals surface area (Å²) in [6.45, 7) is 0. The number of rotatable bonds is 6. The Labute approximate surface area is 181 Å². The SMILES string of the molecule is CS(=O)(=O)Nc1ccc(CC(=O)Nc2nc(-c3c[nH]c4ncccc34)cs2)c(Cl)c1. The van der Waals surface area contributed by atoms with Gasteiger partial charge in [-0.05, 0) is 29.8 Å². The molecule has 0 radical (unpaired) electrons. The summed E-state index contributed by atoms with van der Waals surface area (Å²) < 4.78 is 25.0. The summed E-state index contributed by atoms with van der Waals surface area (Å²) in [6, 6.07) is 8.45. The molecule has 0 bridgehead atoms. The first-order valence-electron chi connectivity index (χ1n) is 8.72. The summed E-state index contributed by atoms with van der Waals surface area (Å²) in [5.41, 5.74) is 3.34. The quantitative estimate of drug-likeness (QED) is 0.402. The van der Waals surface area contributed by atoms with Crippen molar-refractivity contribution in [3.63, 3.8) is 0 Å². The molecule has 0 unspecified atom stereocenters. The van der Waals surface area contributed by atoms with Crippen molar-refractivity contribution in [2.75, 3.05) is 16.3 Å². The van der Waals surface area contributed by atoms with Gasteiger partial charge in [-0.3, -0.25) is 9.52 Å². The van der Waals surface area contributed by atoms with Gasteiger partial charge in [-0.15, -0.1) is 11.3 Å². The maximum atomic E-state index is 12.4. The van der Waals surface area contributed by atoms with E-state index in [4.69, 9.17) is 11.6 Å². The number of pyridine rings is 1. The van der Waals surface area contributed by atoms with Crippen molar-refractivity contribution in [1.29, 1.82) is 0 Å². The zero-order valence-electron chi connectivity index (χ0n) is 15.6. The van der Waals surface area contributed by atoms with Crippen LogP contribution >= 0.6 is 22.9 Å². The van der Waals surface area contributed by atoms with Gasteiger partial charge < -0.3 is 10.3 Å². The Morgan fingerprint density at radius 2 is 2.13 bits per heavy atom. The Hall–Kier alpha value is -2.95. The van der Waals surface area contributed by atoms with Crippen molar-refractivity contribution in [1.82, 2.24) is 15.0 Å². The molecule has 11 heteroatoms. The van der Waals surface area contributed by atoms with Crippen molar-refractivity contribution in [3.05, 3.63) is 58.7 Å². The van der Waals surface area contributed by atoms with Crippen LogP contribution in [0.1, 0.15) is 5.56 Å². The number of halogens is 1. The predicted molar refractivity (Wildman–Crippen MR) is 119 cm³/mol. The molecule has 0 spiro atoms. The summed E-state index contributed by atoms with van der Waals surface area (Å²) in [6.07, 6.45) is 4.63. The van der Waals surface area contributed by atoms with E-state index in [2.05, 4.69) is 25.0 Å². The third kappa shape index (κ3) is 4.61. The van der Waals surface area contributed by atoms with Gasteiger partial charge in [0.25, 0.3) is 0 Å². The lowest BCUT2D eigenvalue weighted by atomic mass is 10.1. The lowest BCUT2D eigenvalue weighted by Gasteiger charge is -2.08. The maximum absolute atomic E-state index is 12.4. The number of carbonyl (C=O) groups is 1. The second-order valence-corrected chi connectivity index (χ2v) is 9.56. The molecule has 0 saturated heterocycles. The van der Waals surface area contributed by atoms with E-state index in [1.54, 1.807) is 18.3 Å². The predicted octanol–water partition coefficient (Wildman–Crippen LogP) is 3.89. The summed E-state index contributed by atoms with van der Waals surface area (Å²) in [5, 5.41) is 6.36. The van der Waals surface area contributed by atoms with Gasteiger partial charge >= 0.3 is 0 Å². The third-order valence-corrected chi connectivity index (χ3v) is 5.90. The maximum Gasteiger partial charge on any atom is 0.230 e. The Morgan fingerprint density at radius 1 is 1.30 bits per heavy atom. The number of H-pyrrole nitrogens is 1. The Kier molecular flexibility index (Phi) is 5.46. The number of thiazole rings is 1. The van der Waals surface area contributed by atoms with Crippen LogP contribution in [0.2, 0.25) is 5.02 Å². The summed E-state index contributed by atoms with van der Waals surface area (Å²) in [4.78, 5) is 24.3. The number of amides is 1. The van der Waals surface area contributed by atoms with Crippen LogP contribution in [0.5, 0.6) is 0 Å². The number of nitrogens with one attached hydrogen (secondary N) is 3. The van der Waals surface area contributed by atoms with Crippen LogP contribution < -0.4 is 10.0 Å². The van der Waals surface area contributed by atoms with Crippen molar-refractivity contribution < 1.29 is 13.2 Å². The second kappa shape index (κ2) is 8.05. The van der Waals surface area contributed by atoms with Crippen LogP contribution in [0.25, 0.3) is 22.3 Å². The number of carbonyl (C=O) groups excluding carboxylic acids is 1. The van der Waals surface area contributed by atoms with E-state index in [0.717, 1.165) is 28.5 Å². The van der Waals surface area contributed by atoms with Crippen molar-refractivity contribution >= 4 is 60.7 Å². The van der Waals surface area contributed by atoms with Gasteiger partial charge in [0.15, 0.2) is 5.13 Å². The van der Waals surface area contributed by atoms with Crippen LogP contribution in [0.15, 0.2) is 48.1 Å². The summed E-state index contributed by atoms with van der Waals surface area (Å²) in [7, 11) is -3.40. The normalized spacial score (nSPS) is 11.5. The van der Waals surface area contributed by atoms with Crippen molar-refractivity contribution in [2.24, 2.45) is 0 Å². The fourth-order valence-electron chi connectivity index (χ4n) is 2.93. The number of aromatic amines is 1. The van der Waals surface area contributed by atoms with E-state index >= 15 is 0 Å². The Morgan fingerprint density at radius 3 is 2.90 bits per heavy atom. The molecule has 0 aliphatic heterocycles. The number of hydrogen-bond acceptors (Lipinski definition) is 6. The molecule has 1 amide bonds. The number of sulfonamides is 1. The van der Waals surface area contributed by atoms with E-state index in [1.807, 2.05) is 23.7 Å². The lowest BCUT2D eigenvalue weighted by molar-refractivity contribution is -0.115. The molecular formula is C19H16ClN5O3S2. The minimum Gasteiger partial charge on any atom is -0.345 e. The first-order valence-corrected chi connectivity index (χ1v) is 11.9. The molecule has 4 rings (SSSR count). The highest BCUT2D eigenvalue weighted by Gasteiger charge is 2.14. The lowest BCUT2D eigenvalue weighted by Crippen LogP contribution is -2.15. The Bertz CT molecular complexity index is 1350. The van der Waals surface area contributed by atoms with Gasteiger partial charge in [-0.1, -0.05) is 17.7 Å². The van der Waals surface area contributed by atoms with E-state index in [0.29, 0.717) is 21.4 Å². The van der Waals surface area contributed by atoms with Crippen molar-refractivity contribution in [2.45, 2.75) is 6.42 Å². The number of benzene rings is 1. The van der Waals surface area contributed by atoms with E-state index in [9.17, 15) is 13.2 Å². The van der Waals surface area contributed by atoms with Gasteiger partial charge in [0.2, 0.25) is 15.9 Å². The van der Waals surface area contributed by atoms with Gasteiger partial charge in [0, 0.05) is 39.4 Å². The van der Waals surface area contributed by atoms with E-state index in [1.165, 1.54) is 17.4 Å². The largest absolute Gasteiger partial charge is 0.345 e. The molecule has 3 N–H and O–H groups in total. The van der Waals surface area contributed by atoms with E-state index < -0.39 is 10.0 Å². The molecule has 0 saturated carbocycles. The molecule has 0 aliphatic rings. The molecule has 4 aromatic rings. The highest BCUT2D eigenvalue weighted by atomic mass is 35.5. The van der Waals surface area contributed by atoms with Gasteiger partial charge in [0.1, 0.15) is 5.65 Å². The molecular weight excluding hydrogens is 446 g/mol. The van der Waals surface area contributed by atoms with Gasteiger partial charge in [-0.2, -0.15) is 0 Å². The monoisotopic (exact) mass is 461 g/mol. The average molecular weight is 462 g/mol. The number of hydrogen-bond donors (Lipinski definition) is 3. The molecule has 8 nitrogen and oxygen atoms in total. The molecule has 1 aromatic carbocycles. The molecule has 3 aromatic heterocycles. The fourth-order valence-corrected chi connectivity index (χ4v) is 4.46. The minimum atomic E-state index is -3.40. The van der Waals surface area contributed by atoms with Crippen LogP contribution in [0, 0.1) is 0 Å². The Balaban J connectivity index is 1.45. The highest BCUT2D eigenvalue weighted by Crippen LogP contribution is 2.30. The van der Waals surface area contributed by atoms with Crippen molar-refractivity contribution in [3.8, 4) is 11.3 Å². The zero-order chi connectivity index (χ0) is 21.3.